The Balaban J connectivity index is 2.19. The summed E-state index contributed by atoms with van der Waals surface area (Å²) in [4.78, 5) is 0. The summed E-state index contributed by atoms with van der Waals surface area (Å²) in [6.07, 6.45) is 0. The Bertz CT molecular complexity index is 553. The molecular weight excluding hydrogens is 236 g/mol. The van der Waals surface area contributed by atoms with Crippen LogP contribution < -0.4 is 4.74 Å². The van der Waals surface area contributed by atoms with Crippen LogP contribution in [0.3, 0.4) is 0 Å². The van der Waals surface area contributed by atoms with Crippen molar-refractivity contribution in [1.82, 2.24) is 0 Å². The van der Waals surface area contributed by atoms with Gasteiger partial charge in [-0.1, -0.05) is 42.5 Å². The molecule has 0 fully saturated rings. The lowest BCUT2D eigenvalue weighted by atomic mass is 9.93. The zero-order chi connectivity index (χ0) is 13.9. The highest BCUT2D eigenvalue weighted by Gasteiger charge is 2.19. The molecule has 2 heteroatoms. The van der Waals surface area contributed by atoms with Crippen LogP contribution >= 0.6 is 0 Å². The van der Waals surface area contributed by atoms with Crippen molar-refractivity contribution in [2.24, 2.45) is 0 Å². The van der Waals surface area contributed by atoms with Gasteiger partial charge in [0.15, 0.2) is 0 Å². The van der Waals surface area contributed by atoms with Crippen LogP contribution in [-0.2, 0) is 12.2 Å². The van der Waals surface area contributed by atoms with Crippen molar-refractivity contribution in [2.45, 2.75) is 33.0 Å². The Kier molecular flexibility index (Phi) is 3.91. The molecule has 19 heavy (non-hydrogen) atoms. The molecular formula is C17H20O2. The maximum Gasteiger partial charge on any atom is 0.122 e. The molecule has 2 nitrogen and oxygen atoms in total. The van der Waals surface area contributed by atoms with E-state index in [1.165, 1.54) is 0 Å². The first-order chi connectivity index (χ1) is 8.98. The molecule has 2 aromatic carbocycles. The van der Waals surface area contributed by atoms with Gasteiger partial charge in [-0.15, -0.1) is 0 Å². The van der Waals surface area contributed by atoms with Crippen LogP contribution in [0.2, 0.25) is 0 Å². The van der Waals surface area contributed by atoms with Crippen molar-refractivity contribution in [3.05, 3.63) is 65.2 Å². The predicted molar refractivity (Wildman–Crippen MR) is 77.2 cm³/mol. The molecule has 0 aromatic heterocycles. The van der Waals surface area contributed by atoms with Gasteiger partial charge in [0.1, 0.15) is 12.4 Å². The third-order valence-corrected chi connectivity index (χ3v) is 3.15. The first-order valence-corrected chi connectivity index (χ1v) is 6.47. The minimum atomic E-state index is -0.855. The summed E-state index contributed by atoms with van der Waals surface area (Å²) in [5.41, 5.74) is 2.18. The molecule has 0 bridgehead atoms. The second-order valence-electron chi connectivity index (χ2n) is 5.27. The largest absolute Gasteiger partial charge is 0.489 e. The zero-order valence-corrected chi connectivity index (χ0v) is 11.7. The van der Waals surface area contributed by atoms with Gasteiger partial charge in [0.2, 0.25) is 0 Å². The maximum atomic E-state index is 10.2. The van der Waals surface area contributed by atoms with E-state index in [-0.39, 0.29) is 0 Å². The molecule has 1 N–H and O–H groups in total. The molecule has 0 aliphatic rings. The van der Waals surface area contributed by atoms with E-state index in [1.54, 1.807) is 13.8 Å². The maximum absolute atomic E-state index is 10.2. The summed E-state index contributed by atoms with van der Waals surface area (Å²) >= 11 is 0. The van der Waals surface area contributed by atoms with E-state index in [2.05, 4.69) is 0 Å². The van der Waals surface area contributed by atoms with E-state index < -0.39 is 5.60 Å². The molecule has 0 unspecified atom stereocenters. The van der Waals surface area contributed by atoms with E-state index in [4.69, 9.17) is 4.74 Å². The zero-order valence-electron chi connectivity index (χ0n) is 11.7. The van der Waals surface area contributed by atoms with Crippen molar-refractivity contribution in [1.29, 1.82) is 0 Å². The number of hydrogen-bond donors (Lipinski definition) is 1. The number of aliphatic hydroxyl groups is 1. The van der Waals surface area contributed by atoms with Gasteiger partial charge in [-0.3, -0.25) is 0 Å². The van der Waals surface area contributed by atoms with Crippen molar-refractivity contribution >= 4 is 0 Å². The minimum absolute atomic E-state index is 0.463. The topological polar surface area (TPSA) is 29.5 Å². The number of ether oxygens (including phenoxy) is 1. The van der Waals surface area contributed by atoms with Gasteiger partial charge in [0.25, 0.3) is 0 Å². The van der Waals surface area contributed by atoms with Crippen LogP contribution in [0.15, 0.2) is 48.5 Å². The summed E-state index contributed by atoms with van der Waals surface area (Å²) in [6, 6.07) is 15.8. The Morgan fingerprint density at radius 2 is 1.63 bits per heavy atom. The number of para-hydroxylation sites is 1. The summed E-state index contributed by atoms with van der Waals surface area (Å²) in [5, 5.41) is 10.2. The quantitative estimate of drug-likeness (QED) is 0.901. The summed E-state index contributed by atoms with van der Waals surface area (Å²) < 4.78 is 5.85. The van der Waals surface area contributed by atoms with Crippen LogP contribution in [0.5, 0.6) is 5.75 Å². The Labute approximate surface area is 114 Å². The van der Waals surface area contributed by atoms with E-state index in [1.807, 2.05) is 55.5 Å². The molecule has 0 amide bonds. The first kappa shape index (κ1) is 13.6. The second-order valence-corrected chi connectivity index (χ2v) is 5.27. The third kappa shape index (κ3) is 3.36. The highest BCUT2D eigenvalue weighted by atomic mass is 16.5. The van der Waals surface area contributed by atoms with E-state index >= 15 is 0 Å². The van der Waals surface area contributed by atoms with Crippen LogP contribution in [0, 0.1) is 6.92 Å². The molecule has 0 atom stereocenters. The van der Waals surface area contributed by atoms with Crippen LogP contribution in [0.1, 0.15) is 30.5 Å². The lowest BCUT2D eigenvalue weighted by Crippen LogP contribution is -2.18. The van der Waals surface area contributed by atoms with Gasteiger partial charge in [-0.05, 0) is 43.5 Å². The summed E-state index contributed by atoms with van der Waals surface area (Å²) in [5.74, 6) is 0.882. The lowest BCUT2D eigenvalue weighted by molar-refractivity contribution is 0.0763. The average molecular weight is 256 g/mol. The van der Waals surface area contributed by atoms with Gasteiger partial charge >= 0.3 is 0 Å². The average Bonchev–Trinajstić information content (AvgIpc) is 2.37. The van der Waals surface area contributed by atoms with Crippen molar-refractivity contribution in [3.63, 3.8) is 0 Å². The molecule has 0 aliphatic carbocycles. The molecule has 0 radical (unpaired) electrons. The smallest absolute Gasteiger partial charge is 0.122 e. The molecule has 0 saturated heterocycles. The fraction of sp³-hybridized carbons (Fsp3) is 0.294. The van der Waals surface area contributed by atoms with E-state index in [0.717, 1.165) is 22.4 Å². The molecule has 2 aromatic rings. The van der Waals surface area contributed by atoms with E-state index in [0.29, 0.717) is 6.61 Å². The summed E-state index contributed by atoms with van der Waals surface area (Å²) in [6.45, 7) is 6.07. The predicted octanol–water partition coefficient (Wildman–Crippen LogP) is 3.80. The number of rotatable bonds is 4. The van der Waals surface area contributed by atoms with Gasteiger partial charge in [-0.25, -0.2) is 0 Å². The molecule has 2 rings (SSSR count). The molecule has 0 spiro atoms. The SMILES string of the molecule is Cc1ccccc1OCc1ccccc1C(C)(C)O. The van der Waals surface area contributed by atoms with Gasteiger partial charge < -0.3 is 9.84 Å². The molecule has 0 aliphatic heterocycles. The van der Waals surface area contributed by atoms with Crippen LogP contribution in [0.25, 0.3) is 0 Å². The number of benzene rings is 2. The lowest BCUT2D eigenvalue weighted by Gasteiger charge is -2.22. The van der Waals surface area contributed by atoms with Crippen molar-refractivity contribution in [3.8, 4) is 5.75 Å². The standard InChI is InChI=1S/C17H20O2/c1-13-8-4-7-11-16(13)19-12-14-9-5-6-10-15(14)17(2,3)18/h4-11,18H,12H2,1-3H3. The summed E-state index contributed by atoms with van der Waals surface area (Å²) in [7, 11) is 0. The van der Waals surface area contributed by atoms with Gasteiger partial charge in [-0.2, -0.15) is 0 Å². The highest BCUT2D eigenvalue weighted by Crippen LogP contribution is 2.25. The number of aryl methyl sites for hydroxylation is 1. The highest BCUT2D eigenvalue weighted by molar-refractivity contribution is 5.34. The Morgan fingerprint density at radius 3 is 2.32 bits per heavy atom. The van der Waals surface area contributed by atoms with Gasteiger partial charge in [0, 0.05) is 0 Å². The fourth-order valence-corrected chi connectivity index (χ4v) is 2.12. The monoisotopic (exact) mass is 256 g/mol. The fourth-order valence-electron chi connectivity index (χ4n) is 2.12. The Hall–Kier alpha value is -1.80. The first-order valence-electron chi connectivity index (χ1n) is 6.47. The molecule has 0 heterocycles. The van der Waals surface area contributed by atoms with Crippen molar-refractivity contribution < 1.29 is 9.84 Å². The number of hydrogen-bond acceptors (Lipinski definition) is 2. The minimum Gasteiger partial charge on any atom is -0.489 e. The van der Waals surface area contributed by atoms with E-state index in [9.17, 15) is 5.11 Å². The third-order valence-electron chi connectivity index (χ3n) is 3.15. The van der Waals surface area contributed by atoms with Crippen molar-refractivity contribution in [2.75, 3.05) is 0 Å². The van der Waals surface area contributed by atoms with Crippen LogP contribution in [0.4, 0.5) is 0 Å². The normalized spacial score (nSPS) is 11.4. The van der Waals surface area contributed by atoms with Gasteiger partial charge in [0.05, 0.1) is 5.60 Å². The van der Waals surface area contributed by atoms with Crippen LogP contribution in [-0.4, -0.2) is 5.11 Å². The molecule has 0 saturated carbocycles. The Morgan fingerprint density at radius 1 is 1.00 bits per heavy atom. The molecule has 100 valence electrons. The second kappa shape index (κ2) is 5.45.